The SMILES string of the molecule is Nc1cc(Br)ccc1S(=O)(=O)CCCCc1ccccc1. The quantitative estimate of drug-likeness (QED) is 0.623. The third-order valence-corrected chi connectivity index (χ3v) is 5.64. The molecule has 0 heterocycles. The number of benzene rings is 2. The first-order valence-corrected chi connectivity index (χ1v) is 9.25. The lowest BCUT2D eigenvalue weighted by Crippen LogP contribution is -2.09. The van der Waals surface area contributed by atoms with Gasteiger partial charge < -0.3 is 5.73 Å². The van der Waals surface area contributed by atoms with Crippen molar-refractivity contribution in [2.75, 3.05) is 11.5 Å². The number of anilines is 1. The summed E-state index contributed by atoms with van der Waals surface area (Å²) in [7, 11) is -3.31. The van der Waals surface area contributed by atoms with E-state index >= 15 is 0 Å². The number of aryl methyl sites for hydroxylation is 1. The molecule has 3 nitrogen and oxygen atoms in total. The zero-order valence-electron chi connectivity index (χ0n) is 11.6. The van der Waals surface area contributed by atoms with Crippen molar-refractivity contribution >= 4 is 31.5 Å². The van der Waals surface area contributed by atoms with E-state index in [1.807, 2.05) is 18.2 Å². The number of rotatable bonds is 6. The standard InChI is InChI=1S/C16H18BrNO2S/c17-14-9-10-16(15(18)12-14)21(19,20)11-5-4-8-13-6-2-1-3-7-13/h1-3,6-7,9-10,12H,4-5,8,11,18H2. The molecule has 0 atom stereocenters. The van der Waals surface area contributed by atoms with Crippen molar-refractivity contribution < 1.29 is 8.42 Å². The van der Waals surface area contributed by atoms with Gasteiger partial charge in [-0.1, -0.05) is 46.3 Å². The van der Waals surface area contributed by atoms with Crippen LogP contribution in [0.3, 0.4) is 0 Å². The fourth-order valence-corrected chi connectivity index (χ4v) is 4.05. The van der Waals surface area contributed by atoms with Crippen LogP contribution in [0.1, 0.15) is 18.4 Å². The van der Waals surface area contributed by atoms with E-state index < -0.39 is 9.84 Å². The summed E-state index contributed by atoms with van der Waals surface area (Å²) < 4.78 is 25.3. The van der Waals surface area contributed by atoms with Crippen molar-refractivity contribution in [2.24, 2.45) is 0 Å². The number of nitrogen functional groups attached to an aromatic ring is 1. The topological polar surface area (TPSA) is 60.2 Å². The molecule has 0 spiro atoms. The molecule has 2 aromatic rings. The number of sulfone groups is 1. The molecule has 5 heteroatoms. The maximum absolute atomic E-state index is 12.3. The van der Waals surface area contributed by atoms with Crippen LogP contribution in [-0.2, 0) is 16.3 Å². The highest BCUT2D eigenvalue weighted by Crippen LogP contribution is 2.24. The van der Waals surface area contributed by atoms with Crippen molar-refractivity contribution in [3.63, 3.8) is 0 Å². The lowest BCUT2D eigenvalue weighted by Gasteiger charge is -2.08. The van der Waals surface area contributed by atoms with Crippen LogP contribution in [0.5, 0.6) is 0 Å². The highest BCUT2D eigenvalue weighted by Gasteiger charge is 2.17. The number of hydrogen-bond donors (Lipinski definition) is 1. The predicted octanol–water partition coefficient (Wildman–Crippen LogP) is 3.83. The Morgan fingerprint density at radius 1 is 1.00 bits per heavy atom. The van der Waals surface area contributed by atoms with Gasteiger partial charge >= 0.3 is 0 Å². The second-order valence-electron chi connectivity index (χ2n) is 4.94. The van der Waals surface area contributed by atoms with Gasteiger partial charge in [-0.25, -0.2) is 8.42 Å². The largest absolute Gasteiger partial charge is 0.398 e. The van der Waals surface area contributed by atoms with Crippen LogP contribution in [0.15, 0.2) is 57.9 Å². The number of unbranched alkanes of at least 4 members (excludes halogenated alkanes) is 1. The Kier molecular flexibility index (Phi) is 5.42. The van der Waals surface area contributed by atoms with Crippen LogP contribution < -0.4 is 5.73 Å². The first kappa shape index (κ1) is 16.0. The van der Waals surface area contributed by atoms with E-state index in [1.165, 1.54) is 5.56 Å². The molecular weight excluding hydrogens is 350 g/mol. The number of halogens is 1. The third kappa shape index (κ3) is 4.58. The van der Waals surface area contributed by atoms with Gasteiger partial charge in [-0.05, 0) is 43.0 Å². The molecule has 0 aliphatic carbocycles. The fourth-order valence-electron chi connectivity index (χ4n) is 2.18. The summed E-state index contributed by atoms with van der Waals surface area (Å²) in [6.45, 7) is 0. The first-order chi connectivity index (χ1) is 9.99. The monoisotopic (exact) mass is 367 g/mol. The minimum Gasteiger partial charge on any atom is -0.398 e. The average Bonchev–Trinajstić information content (AvgIpc) is 2.44. The van der Waals surface area contributed by atoms with Crippen LogP contribution in [0.25, 0.3) is 0 Å². The molecule has 0 bridgehead atoms. The van der Waals surface area contributed by atoms with Crippen LogP contribution in [0.4, 0.5) is 5.69 Å². The maximum atomic E-state index is 12.3. The van der Waals surface area contributed by atoms with E-state index in [0.29, 0.717) is 12.1 Å². The summed E-state index contributed by atoms with van der Waals surface area (Å²) in [6, 6.07) is 15.0. The van der Waals surface area contributed by atoms with Gasteiger partial charge in [-0.2, -0.15) is 0 Å². The first-order valence-electron chi connectivity index (χ1n) is 6.81. The summed E-state index contributed by atoms with van der Waals surface area (Å²) in [4.78, 5) is 0.227. The molecule has 21 heavy (non-hydrogen) atoms. The number of nitrogens with two attached hydrogens (primary N) is 1. The smallest absolute Gasteiger partial charge is 0.180 e. The fraction of sp³-hybridized carbons (Fsp3) is 0.250. The Morgan fingerprint density at radius 3 is 2.38 bits per heavy atom. The van der Waals surface area contributed by atoms with Crippen molar-refractivity contribution in [2.45, 2.75) is 24.2 Å². The van der Waals surface area contributed by atoms with Crippen LogP contribution >= 0.6 is 15.9 Å². The molecule has 0 amide bonds. The second kappa shape index (κ2) is 7.09. The van der Waals surface area contributed by atoms with Crippen molar-refractivity contribution in [1.29, 1.82) is 0 Å². The van der Waals surface area contributed by atoms with Gasteiger partial charge in [0.1, 0.15) is 0 Å². The average molecular weight is 368 g/mol. The van der Waals surface area contributed by atoms with Gasteiger partial charge in [0.2, 0.25) is 0 Å². The van der Waals surface area contributed by atoms with Gasteiger partial charge in [0.15, 0.2) is 9.84 Å². The molecule has 112 valence electrons. The van der Waals surface area contributed by atoms with E-state index in [1.54, 1.807) is 18.2 Å². The van der Waals surface area contributed by atoms with Crippen LogP contribution in [0, 0.1) is 0 Å². The molecule has 0 aromatic heterocycles. The Hall–Kier alpha value is -1.33. The highest BCUT2D eigenvalue weighted by molar-refractivity contribution is 9.10. The van der Waals surface area contributed by atoms with E-state index in [-0.39, 0.29) is 10.6 Å². The highest BCUT2D eigenvalue weighted by atomic mass is 79.9. The molecule has 2 N–H and O–H groups in total. The molecule has 0 radical (unpaired) electrons. The van der Waals surface area contributed by atoms with E-state index in [9.17, 15) is 8.42 Å². The lowest BCUT2D eigenvalue weighted by molar-refractivity contribution is 0.592. The number of hydrogen-bond acceptors (Lipinski definition) is 3. The summed E-state index contributed by atoms with van der Waals surface area (Å²) in [5.74, 6) is 0.131. The molecule has 0 saturated carbocycles. The molecular formula is C16H18BrNO2S. The van der Waals surface area contributed by atoms with Gasteiger partial charge in [0.25, 0.3) is 0 Å². The summed E-state index contributed by atoms with van der Waals surface area (Å²) >= 11 is 3.28. The van der Waals surface area contributed by atoms with E-state index in [4.69, 9.17) is 5.73 Å². The zero-order chi connectivity index (χ0) is 15.3. The normalized spacial score (nSPS) is 11.5. The van der Waals surface area contributed by atoms with Gasteiger partial charge in [-0.15, -0.1) is 0 Å². The summed E-state index contributed by atoms with van der Waals surface area (Å²) in [6.07, 6.45) is 2.37. The van der Waals surface area contributed by atoms with Gasteiger partial charge in [0, 0.05) is 4.47 Å². The molecule has 2 rings (SSSR count). The van der Waals surface area contributed by atoms with E-state index in [2.05, 4.69) is 28.1 Å². The Balaban J connectivity index is 1.92. The van der Waals surface area contributed by atoms with Gasteiger partial charge in [-0.3, -0.25) is 0 Å². The Morgan fingerprint density at radius 2 is 1.71 bits per heavy atom. The van der Waals surface area contributed by atoms with Crippen molar-refractivity contribution in [3.05, 3.63) is 58.6 Å². The predicted molar refractivity (Wildman–Crippen MR) is 90.0 cm³/mol. The molecule has 0 saturated heterocycles. The zero-order valence-corrected chi connectivity index (χ0v) is 14.0. The molecule has 0 unspecified atom stereocenters. The summed E-state index contributed by atoms with van der Waals surface area (Å²) in [5, 5.41) is 0. The second-order valence-corrected chi connectivity index (χ2v) is 7.94. The van der Waals surface area contributed by atoms with E-state index in [0.717, 1.165) is 17.3 Å². The van der Waals surface area contributed by atoms with Crippen molar-refractivity contribution in [3.8, 4) is 0 Å². The van der Waals surface area contributed by atoms with Crippen LogP contribution in [-0.4, -0.2) is 14.2 Å². The third-order valence-electron chi connectivity index (χ3n) is 3.28. The van der Waals surface area contributed by atoms with Crippen LogP contribution in [0.2, 0.25) is 0 Å². The lowest BCUT2D eigenvalue weighted by atomic mass is 10.1. The van der Waals surface area contributed by atoms with Crippen molar-refractivity contribution in [1.82, 2.24) is 0 Å². The minimum atomic E-state index is -3.31. The molecule has 0 fully saturated rings. The minimum absolute atomic E-state index is 0.131. The maximum Gasteiger partial charge on any atom is 0.180 e. The molecule has 0 aliphatic rings. The molecule has 0 aliphatic heterocycles. The Bertz CT molecular complexity index is 699. The summed E-state index contributed by atoms with van der Waals surface area (Å²) in [5.41, 5.74) is 7.33. The molecule has 2 aromatic carbocycles. The van der Waals surface area contributed by atoms with Gasteiger partial charge in [0.05, 0.1) is 16.3 Å². The Labute approximate surface area is 134 Å².